The molecule has 1 aliphatic heterocycles. The molecule has 16 heavy (non-hydrogen) atoms. The minimum Gasteiger partial charge on any atom is -0.392 e. The molecule has 1 amide bonds. The predicted molar refractivity (Wildman–Crippen MR) is 67.2 cm³/mol. The van der Waals surface area contributed by atoms with E-state index in [9.17, 15) is 4.79 Å². The van der Waals surface area contributed by atoms with E-state index in [1.165, 1.54) is 0 Å². The fourth-order valence-electron chi connectivity index (χ4n) is 1.92. The van der Waals surface area contributed by atoms with E-state index in [1.54, 1.807) is 4.90 Å². The lowest BCUT2D eigenvalue weighted by Crippen LogP contribution is -2.43. The van der Waals surface area contributed by atoms with Gasteiger partial charge in [-0.1, -0.05) is 19.1 Å². The van der Waals surface area contributed by atoms with Crippen molar-refractivity contribution >= 4 is 23.1 Å². The van der Waals surface area contributed by atoms with Crippen molar-refractivity contribution in [2.24, 2.45) is 11.7 Å². The second kappa shape index (κ2) is 6.81. The van der Waals surface area contributed by atoms with E-state index >= 15 is 0 Å². The number of hydrogen-bond donors (Lipinski definition) is 1. The lowest BCUT2D eigenvalue weighted by molar-refractivity contribution is -0.139. The summed E-state index contributed by atoms with van der Waals surface area (Å²) in [6.45, 7) is 4.45. The minimum atomic E-state index is -0.00495. The Morgan fingerprint density at radius 3 is 2.88 bits per heavy atom. The normalized spacial score (nSPS) is 20.4. The van der Waals surface area contributed by atoms with Gasteiger partial charge < -0.3 is 15.4 Å². The highest BCUT2D eigenvalue weighted by Crippen LogP contribution is 2.16. The van der Waals surface area contributed by atoms with Crippen LogP contribution in [0.4, 0.5) is 0 Å². The third kappa shape index (κ3) is 4.06. The molecule has 0 radical (unpaired) electrons. The molecule has 0 aliphatic carbocycles. The van der Waals surface area contributed by atoms with E-state index in [0.717, 1.165) is 25.9 Å². The number of amides is 1. The maximum absolute atomic E-state index is 12.2. The molecule has 1 rings (SSSR count). The lowest BCUT2D eigenvalue weighted by Gasteiger charge is -2.28. The lowest BCUT2D eigenvalue weighted by atomic mass is 10.0. The zero-order valence-electron chi connectivity index (χ0n) is 9.78. The summed E-state index contributed by atoms with van der Waals surface area (Å²) in [5.74, 6) is 0.129. The van der Waals surface area contributed by atoms with E-state index in [-0.39, 0.29) is 11.8 Å². The highest BCUT2D eigenvalue weighted by molar-refractivity contribution is 7.80. The van der Waals surface area contributed by atoms with Gasteiger partial charge in [-0.15, -0.1) is 0 Å². The Labute approximate surface area is 102 Å². The number of thiocarbonyl (C=S) groups is 1. The molecule has 0 aromatic carbocycles. The summed E-state index contributed by atoms with van der Waals surface area (Å²) in [5, 5.41) is 0. The van der Waals surface area contributed by atoms with Gasteiger partial charge in [0.1, 0.15) is 0 Å². The average Bonchev–Trinajstić information content (AvgIpc) is 2.28. The van der Waals surface area contributed by atoms with Crippen LogP contribution >= 0.6 is 12.2 Å². The first-order chi connectivity index (χ1) is 7.65. The van der Waals surface area contributed by atoms with Gasteiger partial charge in [0.05, 0.1) is 24.1 Å². The molecule has 0 bridgehead atoms. The first-order valence-corrected chi connectivity index (χ1v) is 6.20. The third-order valence-corrected chi connectivity index (χ3v) is 2.79. The van der Waals surface area contributed by atoms with Crippen LogP contribution in [-0.2, 0) is 9.53 Å². The number of nitrogens with two attached hydrogens (primary N) is 1. The zero-order valence-corrected chi connectivity index (χ0v) is 10.6. The van der Waals surface area contributed by atoms with Crippen molar-refractivity contribution in [1.82, 2.24) is 4.90 Å². The molecule has 1 heterocycles. The number of carbonyl (C=O) groups is 1. The molecule has 1 saturated heterocycles. The maximum Gasteiger partial charge on any atom is 0.228 e. The van der Waals surface area contributed by atoms with E-state index < -0.39 is 0 Å². The molecular formula is C11H20N2O2S. The highest BCUT2D eigenvalue weighted by Gasteiger charge is 2.26. The molecular weight excluding hydrogens is 224 g/mol. The Hall–Kier alpha value is -0.680. The van der Waals surface area contributed by atoms with Crippen LogP contribution in [0.15, 0.2) is 0 Å². The van der Waals surface area contributed by atoms with E-state index in [4.69, 9.17) is 22.7 Å². The summed E-state index contributed by atoms with van der Waals surface area (Å²) in [7, 11) is 0. The molecule has 1 atom stereocenters. The predicted octanol–water partition coefficient (Wildman–Crippen LogP) is 0.938. The van der Waals surface area contributed by atoms with Gasteiger partial charge in [0.15, 0.2) is 0 Å². The van der Waals surface area contributed by atoms with E-state index in [1.807, 2.05) is 6.92 Å². The number of ether oxygens (including phenoxy) is 1. The molecule has 2 N–H and O–H groups in total. The van der Waals surface area contributed by atoms with Crippen LogP contribution < -0.4 is 5.73 Å². The van der Waals surface area contributed by atoms with Crippen LogP contribution in [0.1, 0.15) is 26.2 Å². The minimum absolute atomic E-state index is 0.00495. The van der Waals surface area contributed by atoms with Crippen molar-refractivity contribution in [3.63, 3.8) is 0 Å². The van der Waals surface area contributed by atoms with Crippen LogP contribution in [0.5, 0.6) is 0 Å². The van der Waals surface area contributed by atoms with Crippen LogP contribution in [-0.4, -0.2) is 42.1 Å². The first kappa shape index (κ1) is 13.4. The molecule has 4 nitrogen and oxygen atoms in total. The molecule has 0 aromatic rings. The largest absolute Gasteiger partial charge is 0.392 e. The van der Waals surface area contributed by atoms with Crippen molar-refractivity contribution in [1.29, 1.82) is 0 Å². The van der Waals surface area contributed by atoms with Crippen molar-refractivity contribution < 1.29 is 9.53 Å². The van der Waals surface area contributed by atoms with Crippen molar-refractivity contribution in [2.45, 2.75) is 26.2 Å². The Kier molecular flexibility index (Phi) is 5.69. The molecule has 5 heteroatoms. The Bertz CT molecular complexity index is 252. The van der Waals surface area contributed by atoms with E-state index in [0.29, 0.717) is 24.7 Å². The smallest absolute Gasteiger partial charge is 0.228 e. The molecule has 0 aromatic heterocycles. The summed E-state index contributed by atoms with van der Waals surface area (Å²) in [5.41, 5.74) is 5.50. The van der Waals surface area contributed by atoms with Crippen LogP contribution in [0.2, 0.25) is 0 Å². The number of hydrogen-bond acceptors (Lipinski definition) is 3. The zero-order chi connectivity index (χ0) is 12.0. The second-order valence-corrected chi connectivity index (χ2v) is 4.66. The van der Waals surface area contributed by atoms with Crippen molar-refractivity contribution in [3.8, 4) is 0 Å². The summed E-state index contributed by atoms with van der Waals surface area (Å²) in [6.07, 6.45) is 2.79. The summed E-state index contributed by atoms with van der Waals surface area (Å²) >= 11 is 4.86. The van der Waals surface area contributed by atoms with Gasteiger partial charge in [-0.2, -0.15) is 0 Å². The quantitative estimate of drug-likeness (QED) is 0.731. The van der Waals surface area contributed by atoms with Gasteiger partial charge in [-0.3, -0.25) is 4.79 Å². The standard InChI is InChI=1S/C11H20N2O2S/c1-2-5-13(7-10(12)16)11(14)9-4-3-6-15-8-9/h9H,2-8H2,1H3,(H2,12,16). The monoisotopic (exact) mass is 244 g/mol. The van der Waals surface area contributed by atoms with Gasteiger partial charge >= 0.3 is 0 Å². The SMILES string of the molecule is CCCN(CC(N)=S)C(=O)C1CCCOC1. The number of carbonyl (C=O) groups excluding carboxylic acids is 1. The fraction of sp³-hybridized carbons (Fsp3) is 0.818. The molecule has 92 valence electrons. The molecule has 0 saturated carbocycles. The van der Waals surface area contributed by atoms with Crippen LogP contribution in [0.3, 0.4) is 0 Å². The average molecular weight is 244 g/mol. The first-order valence-electron chi connectivity index (χ1n) is 5.80. The van der Waals surface area contributed by atoms with Crippen molar-refractivity contribution in [2.75, 3.05) is 26.3 Å². The summed E-state index contributed by atoms with van der Waals surface area (Å²) in [6, 6.07) is 0. The highest BCUT2D eigenvalue weighted by atomic mass is 32.1. The maximum atomic E-state index is 12.2. The Morgan fingerprint density at radius 2 is 2.38 bits per heavy atom. The van der Waals surface area contributed by atoms with Gasteiger partial charge in [0.2, 0.25) is 5.91 Å². The Balaban J connectivity index is 2.54. The fourth-order valence-corrected chi connectivity index (χ4v) is 2.07. The summed E-state index contributed by atoms with van der Waals surface area (Å²) in [4.78, 5) is 14.3. The summed E-state index contributed by atoms with van der Waals surface area (Å²) < 4.78 is 5.32. The van der Waals surface area contributed by atoms with Crippen molar-refractivity contribution in [3.05, 3.63) is 0 Å². The number of nitrogens with zero attached hydrogens (tertiary/aromatic N) is 1. The molecule has 1 fully saturated rings. The van der Waals surface area contributed by atoms with Gasteiger partial charge in [0.25, 0.3) is 0 Å². The van der Waals surface area contributed by atoms with E-state index in [2.05, 4.69) is 0 Å². The number of rotatable bonds is 5. The molecule has 1 unspecified atom stereocenters. The third-order valence-electron chi connectivity index (χ3n) is 2.66. The molecule has 0 spiro atoms. The Morgan fingerprint density at radius 1 is 1.62 bits per heavy atom. The second-order valence-electron chi connectivity index (χ2n) is 4.14. The van der Waals surface area contributed by atoms with Crippen LogP contribution in [0.25, 0.3) is 0 Å². The van der Waals surface area contributed by atoms with Gasteiger partial charge in [-0.25, -0.2) is 0 Å². The van der Waals surface area contributed by atoms with Gasteiger partial charge in [-0.05, 0) is 19.3 Å². The van der Waals surface area contributed by atoms with Crippen LogP contribution in [0, 0.1) is 5.92 Å². The topological polar surface area (TPSA) is 55.6 Å². The van der Waals surface area contributed by atoms with Gasteiger partial charge in [0, 0.05) is 13.2 Å². The molecule has 1 aliphatic rings.